The molecular weight excluding hydrogens is 374 g/mol. The van der Waals surface area contributed by atoms with E-state index in [2.05, 4.69) is 17.4 Å². The van der Waals surface area contributed by atoms with E-state index >= 15 is 0 Å². The number of ether oxygens (including phenoxy) is 2. The van der Waals surface area contributed by atoms with Crippen molar-refractivity contribution in [3.8, 4) is 11.5 Å². The van der Waals surface area contributed by atoms with Crippen molar-refractivity contribution in [3.05, 3.63) is 48.0 Å². The highest BCUT2D eigenvalue weighted by Gasteiger charge is 2.25. The Hall–Kier alpha value is -2.22. The number of hydrogen-bond donors (Lipinski definition) is 3. The molecule has 2 heterocycles. The maximum Gasteiger partial charge on any atom is 0.279 e. The highest BCUT2D eigenvalue weighted by Crippen LogP contribution is 2.32. The first-order chi connectivity index (χ1) is 13.7. The maximum absolute atomic E-state index is 12.4. The lowest BCUT2D eigenvalue weighted by molar-refractivity contribution is -1.02. The second kappa shape index (κ2) is 8.86. The molecule has 2 aromatic rings. The molecule has 1 amide bonds. The van der Waals surface area contributed by atoms with Crippen LogP contribution >= 0.6 is 11.8 Å². The van der Waals surface area contributed by atoms with Gasteiger partial charge in [-0.05, 0) is 42.7 Å². The molecule has 6 nitrogen and oxygen atoms in total. The minimum atomic E-state index is 0.0903. The van der Waals surface area contributed by atoms with Gasteiger partial charge in [-0.25, -0.2) is 0 Å². The average Bonchev–Trinajstić information content (AvgIpc) is 3.17. The van der Waals surface area contributed by atoms with Crippen LogP contribution in [0.25, 0.3) is 0 Å². The summed E-state index contributed by atoms with van der Waals surface area (Å²) in [5.74, 6) is 1.78. The second-order valence-corrected chi connectivity index (χ2v) is 8.20. The van der Waals surface area contributed by atoms with Crippen LogP contribution in [0, 0.1) is 0 Å². The first-order valence-electron chi connectivity index (χ1n) is 9.69. The molecule has 0 bridgehead atoms. The van der Waals surface area contributed by atoms with Crippen molar-refractivity contribution in [2.75, 3.05) is 51.1 Å². The highest BCUT2D eigenvalue weighted by atomic mass is 32.2. The van der Waals surface area contributed by atoms with Gasteiger partial charge in [-0.15, -0.1) is 11.8 Å². The summed E-state index contributed by atoms with van der Waals surface area (Å²) in [5.41, 5.74) is 2.15. The smallest absolute Gasteiger partial charge is 0.279 e. The van der Waals surface area contributed by atoms with Gasteiger partial charge < -0.3 is 24.6 Å². The SMILES string of the molecule is CSc1cccc(NC(=O)C[NH+]2CC[NH+](Cc3ccc4c(c3)OCO4)CC2)c1. The van der Waals surface area contributed by atoms with Gasteiger partial charge in [0.25, 0.3) is 5.91 Å². The second-order valence-electron chi connectivity index (χ2n) is 7.32. The standard InChI is InChI=1S/C21H25N3O3S/c1-28-18-4-2-3-17(12-18)22-21(25)14-24-9-7-23(8-10-24)13-16-5-6-19-20(11-16)27-15-26-19/h2-6,11-12H,7-10,13-15H2,1H3,(H,22,25)/p+2. The zero-order valence-electron chi connectivity index (χ0n) is 16.1. The maximum atomic E-state index is 12.4. The zero-order chi connectivity index (χ0) is 19.3. The molecule has 28 heavy (non-hydrogen) atoms. The van der Waals surface area contributed by atoms with Crippen LogP contribution in [-0.4, -0.2) is 51.7 Å². The van der Waals surface area contributed by atoms with E-state index in [0.29, 0.717) is 13.3 Å². The van der Waals surface area contributed by atoms with Crippen LogP contribution in [0.5, 0.6) is 11.5 Å². The number of carbonyl (C=O) groups is 1. The van der Waals surface area contributed by atoms with Crippen LogP contribution < -0.4 is 24.6 Å². The minimum Gasteiger partial charge on any atom is -0.454 e. The normalized spacial score (nSPS) is 20.8. The molecule has 0 unspecified atom stereocenters. The highest BCUT2D eigenvalue weighted by molar-refractivity contribution is 7.98. The van der Waals surface area contributed by atoms with E-state index in [9.17, 15) is 4.79 Å². The molecule has 4 rings (SSSR count). The fourth-order valence-corrected chi connectivity index (χ4v) is 4.24. The summed E-state index contributed by atoms with van der Waals surface area (Å²) < 4.78 is 10.8. The van der Waals surface area contributed by atoms with Crippen molar-refractivity contribution in [2.24, 2.45) is 0 Å². The van der Waals surface area contributed by atoms with Crippen LogP contribution in [-0.2, 0) is 11.3 Å². The van der Waals surface area contributed by atoms with Crippen LogP contribution in [0.15, 0.2) is 47.4 Å². The Morgan fingerprint density at radius 2 is 1.82 bits per heavy atom. The molecule has 3 N–H and O–H groups in total. The van der Waals surface area contributed by atoms with Gasteiger partial charge in [-0.3, -0.25) is 4.79 Å². The van der Waals surface area contributed by atoms with Crippen molar-refractivity contribution in [1.82, 2.24) is 0 Å². The van der Waals surface area contributed by atoms with E-state index in [0.717, 1.165) is 54.8 Å². The van der Waals surface area contributed by atoms with Gasteiger partial charge in [0.2, 0.25) is 6.79 Å². The predicted octanol–water partition coefficient (Wildman–Crippen LogP) is 0.0593. The van der Waals surface area contributed by atoms with Crippen molar-refractivity contribution in [3.63, 3.8) is 0 Å². The molecule has 0 aromatic heterocycles. The third-order valence-corrected chi connectivity index (χ3v) is 6.04. The Labute approximate surface area is 169 Å². The van der Waals surface area contributed by atoms with Crippen molar-refractivity contribution in [1.29, 1.82) is 0 Å². The number of nitrogens with one attached hydrogen (secondary N) is 3. The lowest BCUT2D eigenvalue weighted by Gasteiger charge is -2.29. The summed E-state index contributed by atoms with van der Waals surface area (Å²) >= 11 is 1.68. The molecular formula is C21H27N3O3S+2. The van der Waals surface area contributed by atoms with Crippen LogP contribution in [0.1, 0.15) is 5.56 Å². The average molecular weight is 402 g/mol. The van der Waals surface area contributed by atoms with Gasteiger partial charge in [0.15, 0.2) is 18.0 Å². The first-order valence-corrected chi connectivity index (χ1v) is 10.9. The number of benzene rings is 2. The van der Waals surface area contributed by atoms with E-state index in [-0.39, 0.29) is 5.91 Å². The van der Waals surface area contributed by atoms with E-state index in [1.165, 1.54) is 10.5 Å². The Morgan fingerprint density at radius 3 is 2.64 bits per heavy atom. The van der Waals surface area contributed by atoms with E-state index in [1.807, 2.05) is 36.6 Å². The summed E-state index contributed by atoms with van der Waals surface area (Å²) in [7, 11) is 0. The van der Waals surface area contributed by atoms with Gasteiger partial charge in [0, 0.05) is 16.1 Å². The number of piperazine rings is 1. The van der Waals surface area contributed by atoms with Gasteiger partial charge >= 0.3 is 0 Å². The first kappa shape index (κ1) is 19.1. The number of rotatable bonds is 6. The lowest BCUT2D eigenvalue weighted by Crippen LogP contribution is -3.28. The van der Waals surface area contributed by atoms with Crippen LogP contribution in [0.2, 0.25) is 0 Å². The van der Waals surface area contributed by atoms with E-state index in [4.69, 9.17) is 9.47 Å². The molecule has 2 aliphatic heterocycles. The van der Waals surface area contributed by atoms with E-state index in [1.54, 1.807) is 16.7 Å². The Morgan fingerprint density at radius 1 is 1.04 bits per heavy atom. The molecule has 2 aliphatic rings. The fourth-order valence-electron chi connectivity index (χ4n) is 3.78. The van der Waals surface area contributed by atoms with Crippen molar-refractivity contribution in [2.45, 2.75) is 11.4 Å². The largest absolute Gasteiger partial charge is 0.454 e. The Kier molecular flexibility index (Phi) is 6.04. The van der Waals surface area contributed by atoms with Crippen LogP contribution in [0.3, 0.4) is 0 Å². The number of hydrogen-bond acceptors (Lipinski definition) is 4. The van der Waals surface area contributed by atoms with Gasteiger partial charge in [0.1, 0.15) is 32.7 Å². The molecule has 148 valence electrons. The van der Waals surface area contributed by atoms with Crippen molar-refractivity contribution >= 4 is 23.4 Å². The quantitative estimate of drug-likeness (QED) is 0.600. The number of thioether (sulfide) groups is 1. The molecule has 0 saturated carbocycles. The number of carbonyl (C=O) groups excluding carboxylic acids is 1. The molecule has 1 fully saturated rings. The molecule has 0 spiro atoms. The van der Waals surface area contributed by atoms with Crippen LogP contribution in [0.4, 0.5) is 5.69 Å². The molecule has 0 radical (unpaired) electrons. The monoisotopic (exact) mass is 401 g/mol. The number of amides is 1. The summed E-state index contributed by atoms with van der Waals surface area (Å²) in [4.78, 5) is 16.5. The fraction of sp³-hybridized carbons (Fsp3) is 0.381. The summed E-state index contributed by atoms with van der Waals surface area (Å²) in [6, 6.07) is 14.2. The zero-order valence-corrected chi connectivity index (χ0v) is 16.9. The third-order valence-electron chi connectivity index (χ3n) is 5.32. The predicted molar refractivity (Wildman–Crippen MR) is 109 cm³/mol. The molecule has 0 aliphatic carbocycles. The molecule has 2 aromatic carbocycles. The van der Waals surface area contributed by atoms with E-state index < -0.39 is 0 Å². The number of quaternary nitrogens is 2. The Bertz CT molecular complexity index is 837. The topological polar surface area (TPSA) is 56.4 Å². The number of anilines is 1. The Balaban J connectivity index is 1.23. The van der Waals surface area contributed by atoms with Gasteiger partial charge in [-0.2, -0.15) is 0 Å². The van der Waals surface area contributed by atoms with Gasteiger partial charge in [-0.1, -0.05) is 6.07 Å². The number of fused-ring (bicyclic) bond motifs is 1. The molecule has 1 saturated heterocycles. The van der Waals surface area contributed by atoms with Gasteiger partial charge in [0.05, 0.1) is 0 Å². The summed E-state index contributed by atoms with van der Waals surface area (Å²) in [5, 5.41) is 3.03. The molecule has 0 atom stereocenters. The minimum absolute atomic E-state index is 0.0903. The summed E-state index contributed by atoms with van der Waals surface area (Å²) in [6.07, 6.45) is 2.04. The summed E-state index contributed by atoms with van der Waals surface area (Å²) in [6.45, 7) is 5.99. The molecule has 7 heteroatoms. The lowest BCUT2D eigenvalue weighted by atomic mass is 10.1. The van der Waals surface area contributed by atoms with Crippen molar-refractivity contribution < 1.29 is 24.1 Å². The third kappa shape index (κ3) is 4.79.